The van der Waals surface area contributed by atoms with Crippen LogP contribution in [-0.4, -0.2) is 53.2 Å². The van der Waals surface area contributed by atoms with E-state index in [1.165, 1.54) is 6.07 Å². The van der Waals surface area contributed by atoms with Crippen molar-refractivity contribution in [1.29, 1.82) is 0 Å². The molecular formula is C38H38Cl2N6O4. The molecule has 4 heterocycles. The van der Waals surface area contributed by atoms with Crippen LogP contribution in [0.4, 0.5) is 5.82 Å². The van der Waals surface area contributed by atoms with Gasteiger partial charge in [-0.2, -0.15) is 10.2 Å². The molecule has 1 atom stereocenters. The molecule has 3 aromatic carbocycles. The molecule has 0 spiro atoms. The van der Waals surface area contributed by atoms with Gasteiger partial charge >= 0.3 is 5.97 Å². The minimum Gasteiger partial charge on any atom is -0.494 e. The van der Waals surface area contributed by atoms with Crippen LogP contribution in [0.2, 0.25) is 5.02 Å². The molecule has 0 bridgehead atoms. The number of aryl methyl sites for hydroxylation is 7. The molecule has 1 unspecified atom stereocenters. The van der Waals surface area contributed by atoms with Gasteiger partial charge in [0, 0.05) is 59.7 Å². The van der Waals surface area contributed by atoms with Crippen LogP contribution in [0, 0.1) is 27.7 Å². The highest BCUT2D eigenvalue weighted by Gasteiger charge is 2.37. The predicted molar refractivity (Wildman–Crippen MR) is 197 cm³/mol. The van der Waals surface area contributed by atoms with Crippen molar-refractivity contribution in [2.24, 2.45) is 14.1 Å². The lowest BCUT2D eigenvalue weighted by Gasteiger charge is -2.23. The Bertz CT molecular complexity index is 2330. The van der Waals surface area contributed by atoms with Crippen molar-refractivity contribution in [2.75, 3.05) is 11.5 Å². The fraction of sp³-hybridized carbons (Fsp3) is 0.316. The number of alkyl halides is 1. The van der Waals surface area contributed by atoms with Crippen molar-refractivity contribution in [1.82, 2.24) is 24.1 Å². The zero-order chi connectivity index (χ0) is 35.6. The van der Waals surface area contributed by atoms with E-state index in [0.29, 0.717) is 54.8 Å². The van der Waals surface area contributed by atoms with Gasteiger partial charge in [-0.3, -0.25) is 19.1 Å². The Hall–Kier alpha value is -4.80. The number of benzene rings is 3. The van der Waals surface area contributed by atoms with E-state index >= 15 is 4.79 Å². The van der Waals surface area contributed by atoms with Gasteiger partial charge in [-0.15, -0.1) is 0 Å². The number of carboxylic acid groups (broad SMARTS) is 1. The van der Waals surface area contributed by atoms with E-state index in [2.05, 4.69) is 23.6 Å². The number of halogens is 2. The number of aromatic carboxylic acids is 1. The number of carbonyl (C=O) groups excluding carboxylic acids is 1. The topological polar surface area (TPSA) is 107 Å². The fourth-order valence-corrected chi connectivity index (χ4v) is 7.77. The maximum Gasteiger partial charge on any atom is 0.335 e. The van der Waals surface area contributed by atoms with E-state index in [-0.39, 0.29) is 11.5 Å². The number of carboxylic acids is 1. The second-order valence-corrected chi connectivity index (χ2v) is 13.9. The largest absolute Gasteiger partial charge is 0.494 e. The number of carbonyl (C=O) groups is 2. The molecule has 258 valence electrons. The molecular weight excluding hydrogens is 675 g/mol. The van der Waals surface area contributed by atoms with Gasteiger partial charge in [-0.25, -0.2) is 4.79 Å². The summed E-state index contributed by atoms with van der Waals surface area (Å²) in [5, 5.41) is 21.4. The van der Waals surface area contributed by atoms with Crippen molar-refractivity contribution >= 4 is 62.7 Å². The fourth-order valence-electron chi connectivity index (χ4n) is 7.38. The first-order valence-corrected chi connectivity index (χ1v) is 17.4. The van der Waals surface area contributed by atoms with E-state index < -0.39 is 11.5 Å². The predicted octanol–water partition coefficient (Wildman–Crippen LogP) is 8.14. The van der Waals surface area contributed by atoms with Gasteiger partial charge in [0.1, 0.15) is 16.9 Å². The molecule has 1 N–H and O–H groups in total. The first-order valence-electron chi connectivity index (χ1n) is 16.6. The van der Waals surface area contributed by atoms with E-state index in [9.17, 15) is 9.90 Å². The van der Waals surface area contributed by atoms with E-state index in [1.807, 2.05) is 50.7 Å². The third-order valence-electron chi connectivity index (χ3n) is 9.81. The van der Waals surface area contributed by atoms with Gasteiger partial charge in [0.25, 0.3) is 5.91 Å². The quantitative estimate of drug-likeness (QED) is 0.0970. The number of fused-ring (bicyclic) bond motifs is 4. The Morgan fingerprint density at radius 1 is 1.00 bits per heavy atom. The van der Waals surface area contributed by atoms with Gasteiger partial charge < -0.3 is 14.4 Å². The Kier molecular flexibility index (Phi) is 8.64. The molecule has 0 radical (unpaired) electrons. The lowest BCUT2D eigenvalue weighted by Crippen LogP contribution is -2.37. The first kappa shape index (κ1) is 33.7. The number of ether oxygens (including phenoxy) is 1. The molecule has 0 saturated heterocycles. The van der Waals surface area contributed by atoms with Crippen molar-refractivity contribution in [2.45, 2.75) is 59.0 Å². The lowest BCUT2D eigenvalue weighted by atomic mass is 9.98. The number of para-hydroxylation sites is 1. The summed E-state index contributed by atoms with van der Waals surface area (Å²) < 4.78 is 11.8. The van der Waals surface area contributed by atoms with Gasteiger partial charge in [-0.05, 0) is 87.6 Å². The van der Waals surface area contributed by atoms with Crippen molar-refractivity contribution in [3.8, 4) is 16.9 Å². The molecule has 50 heavy (non-hydrogen) atoms. The number of hydrogen-bond donors (Lipinski definition) is 1. The van der Waals surface area contributed by atoms with Gasteiger partial charge in [-0.1, -0.05) is 41.4 Å². The van der Waals surface area contributed by atoms with Crippen molar-refractivity contribution in [3.63, 3.8) is 0 Å². The standard InChI is InChI=1S/C38H38Cl2N6O4/c1-20-17-25(18-21(2)33(20)40)50-16-8-11-27-26-9-7-10-29(32-22(3)41-43(5)23(32)4)34(26)45-15-14-31(39)46(37(47)35(27)45)36-28-13-12-24(38(48)49)19-30(28)44(6)42-36/h7,9-10,12-13,17-19,31H,8,11,14-16H2,1-6H3,(H,48,49). The minimum absolute atomic E-state index is 0.138. The third kappa shape index (κ3) is 5.51. The molecule has 1 aliphatic heterocycles. The summed E-state index contributed by atoms with van der Waals surface area (Å²) in [6.07, 6.45) is 1.70. The molecule has 6 aromatic rings. The highest BCUT2D eigenvalue weighted by molar-refractivity contribution is 6.32. The Balaban J connectivity index is 1.36. The Morgan fingerprint density at radius 3 is 2.42 bits per heavy atom. The number of hydrogen-bond acceptors (Lipinski definition) is 5. The number of amides is 1. The summed E-state index contributed by atoms with van der Waals surface area (Å²) in [6, 6.07) is 14.9. The van der Waals surface area contributed by atoms with Gasteiger partial charge in [0.2, 0.25) is 0 Å². The van der Waals surface area contributed by atoms with Crippen molar-refractivity contribution < 1.29 is 19.4 Å². The molecule has 0 saturated carbocycles. The highest BCUT2D eigenvalue weighted by atomic mass is 35.5. The third-order valence-corrected chi connectivity index (χ3v) is 10.8. The SMILES string of the molecule is Cc1cc(OCCCc2c3n(c4c(-c5c(C)nn(C)c5C)cccc24)CCC(Cl)N(c2nn(C)c4cc(C(=O)O)ccc24)C3=O)cc(C)c1Cl. The smallest absolute Gasteiger partial charge is 0.335 e. The first-order chi connectivity index (χ1) is 23.9. The average Bonchev–Trinajstić information content (AvgIpc) is 3.64. The van der Waals surface area contributed by atoms with Crippen LogP contribution in [0.1, 0.15) is 61.8 Å². The van der Waals surface area contributed by atoms with Crippen LogP contribution in [0.5, 0.6) is 5.75 Å². The molecule has 3 aromatic heterocycles. The maximum absolute atomic E-state index is 15.0. The second kappa shape index (κ2) is 12.8. The monoisotopic (exact) mass is 712 g/mol. The molecule has 7 rings (SSSR count). The number of rotatable bonds is 8. The summed E-state index contributed by atoms with van der Waals surface area (Å²) in [6.45, 7) is 8.94. The van der Waals surface area contributed by atoms with Crippen molar-refractivity contribution in [3.05, 3.63) is 92.9 Å². The minimum atomic E-state index is -1.04. The zero-order valence-corrected chi connectivity index (χ0v) is 30.4. The number of anilines is 1. The van der Waals surface area contributed by atoms with Crippen LogP contribution in [0.15, 0.2) is 48.5 Å². The zero-order valence-electron chi connectivity index (χ0n) is 28.8. The molecule has 1 aliphatic rings. The number of nitrogens with zero attached hydrogens (tertiary/aromatic N) is 6. The Labute approximate surface area is 299 Å². The normalized spacial score (nSPS) is 14.8. The van der Waals surface area contributed by atoms with E-state index in [4.69, 9.17) is 38.1 Å². The molecule has 10 nitrogen and oxygen atoms in total. The van der Waals surface area contributed by atoms with Gasteiger partial charge in [0.15, 0.2) is 5.82 Å². The van der Waals surface area contributed by atoms with Crippen LogP contribution in [0.3, 0.4) is 0 Å². The van der Waals surface area contributed by atoms with Gasteiger partial charge in [0.05, 0.1) is 28.9 Å². The summed E-state index contributed by atoms with van der Waals surface area (Å²) >= 11 is 13.5. The van der Waals surface area contributed by atoms with Crippen LogP contribution in [-0.2, 0) is 27.1 Å². The molecule has 0 fully saturated rings. The van der Waals surface area contributed by atoms with E-state index in [1.54, 1.807) is 28.8 Å². The summed E-state index contributed by atoms with van der Waals surface area (Å²) in [5.41, 5.74) is 8.41. The van der Waals surface area contributed by atoms with Crippen LogP contribution >= 0.6 is 23.2 Å². The van der Waals surface area contributed by atoms with E-state index in [0.717, 1.165) is 60.9 Å². The highest BCUT2D eigenvalue weighted by Crippen LogP contribution is 2.41. The summed E-state index contributed by atoms with van der Waals surface area (Å²) in [4.78, 5) is 28.3. The Morgan fingerprint density at radius 2 is 1.74 bits per heavy atom. The second-order valence-electron chi connectivity index (χ2n) is 13.1. The van der Waals surface area contributed by atoms with Crippen LogP contribution < -0.4 is 9.64 Å². The molecule has 0 aliphatic carbocycles. The summed E-state index contributed by atoms with van der Waals surface area (Å²) in [5.74, 6) is -0.142. The lowest BCUT2D eigenvalue weighted by molar-refractivity contribution is 0.0696. The molecule has 1 amide bonds. The number of aromatic nitrogens is 5. The average molecular weight is 714 g/mol. The molecule has 12 heteroatoms. The van der Waals surface area contributed by atoms with Crippen LogP contribution in [0.25, 0.3) is 32.9 Å². The maximum atomic E-state index is 15.0. The summed E-state index contributed by atoms with van der Waals surface area (Å²) in [7, 11) is 3.68.